The number of carboxylic acid groups (broad SMARTS) is 1. The van der Waals surface area contributed by atoms with Crippen molar-refractivity contribution in [1.29, 1.82) is 0 Å². The van der Waals surface area contributed by atoms with Gasteiger partial charge in [0.25, 0.3) is 0 Å². The van der Waals surface area contributed by atoms with Crippen molar-refractivity contribution >= 4 is 5.97 Å². The van der Waals surface area contributed by atoms with Crippen LogP contribution in [0, 0.1) is 0 Å². The number of benzene rings is 1. The molecule has 17 heavy (non-hydrogen) atoms. The van der Waals surface area contributed by atoms with Crippen LogP contribution in [0.4, 0.5) is 0 Å². The first kappa shape index (κ1) is 13.7. The predicted octanol–water partition coefficient (Wildman–Crippen LogP) is -3.74. The molecule has 2 rings (SSSR count). The minimum absolute atomic E-state index is 0. The Morgan fingerprint density at radius 2 is 2.00 bits per heavy atom. The second-order valence-corrected chi connectivity index (χ2v) is 3.10. The van der Waals surface area contributed by atoms with Crippen molar-refractivity contribution in [2.45, 2.75) is 6.54 Å². The molecule has 0 bridgehead atoms. The number of rotatable bonds is 3. The van der Waals surface area contributed by atoms with E-state index in [1.807, 2.05) is 0 Å². The SMILES string of the molecule is O=C([O-])Cn1c(-c2ccccc2)noc1=O.[Na+]. The molecule has 0 radical (unpaired) electrons. The molecule has 1 heterocycles. The molecule has 0 atom stereocenters. The van der Waals surface area contributed by atoms with Crippen molar-refractivity contribution in [2.75, 3.05) is 0 Å². The summed E-state index contributed by atoms with van der Waals surface area (Å²) in [4.78, 5) is 21.7. The van der Waals surface area contributed by atoms with Gasteiger partial charge in [0, 0.05) is 5.56 Å². The zero-order valence-electron chi connectivity index (χ0n) is 9.12. The molecule has 0 unspecified atom stereocenters. The predicted molar refractivity (Wildman–Crippen MR) is 51.2 cm³/mol. The zero-order valence-corrected chi connectivity index (χ0v) is 11.1. The standard InChI is InChI=1S/C10H8N2O4.Na/c13-8(14)6-12-9(11-16-10(12)15)7-4-2-1-3-5-7;/h1-5H,6H2,(H,13,14);/q;+1/p-1. The van der Waals surface area contributed by atoms with Gasteiger partial charge in [-0.3, -0.25) is 9.09 Å². The quantitative estimate of drug-likeness (QED) is 0.516. The van der Waals surface area contributed by atoms with Gasteiger partial charge in [0.1, 0.15) is 0 Å². The number of carbonyl (C=O) groups is 1. The number of carbonyl (C=O) groups excluding carboxylic acids is 1. The normalized spacial score (nSPS) is 9.65. The van der Waals surface area contributed by atoms with Crippen LogP contribution in [0.25, 0.3) is 11.4 Å². The molecule has 1 aromatic carbocycles. The number of aliphatic carboxylic acids is 1. The fourth-order valence-electron chi connectivity index (χ4n) is 1.33. The van der Waals surface area contributed by atoms with Gasteiger partial charge in [-0.2, -0.15) is 0 Å². The summed E-state index contributed by atoms with van der Waals surface area (Å²) in [6, 6.07) is 8.69. The average molecular weight is 242 g/mol. The van der Waals surface area contributed by atoms with Crippen molar-refractivity contribution in [3.63, 3.8) is 0 Å². The maximum absolute atomic E-state index is 11.2. The molecule has 0 spiro atoms. The Balaban J connectivity index is 0.00000144. The molecule has 7 heteroatoms. The minimum Gasteiger partial charge on any atom is -0.548 e. The summed E-state index contributed by atoms with van der Waals surface area (Å²) in [6.45, 7) is -0.577. The van der Waals surface area contributed by atoms with Crippen LogP contribution >= 0.6 is 0 Å². The van der Waals surface area contributed by atoms with Crippen LogP contribution in [0.3, 0.4) is 0 Å². The maximum Gasteiger partial charge on any atom is 1.00 e. The van der Waals surface area contributed by atoms with E-state index in [9.17, 15) is 14.7 Å². The van der Waals surface area contributed by atoms with Gasteiger partial charge in [0.2, 0.25) is 0 Å². The summed E-state index contributed by atoms with van der Waals surface area (Å²) < 4.78 is 5.32. The summed E-state index contributed by atoms with van der Waals surface area (Å²) >= 11 is 0. The molecule has 0 saturated heterocycles. The minimum atomic E-state index is -1.37. The number of nitrogens with zero attached hydrogens (tertiary/aromatic N) is 2. The van der Waals surface area contributed by atoms with E-state index in [4.69, 9.17) is 0 Å². The molecular formula is C10H7N2NaO4. The molecular weight excluding hydrogens is 235 g/mol. The average Bonchev–Trinajstić information content (AvgIpc) is 2.61. The first-order valence-electron chi connectivity index (χ1n) is 4.50. The van der Waals surface area contributed by atoms with Crippen LogP contribution in [0.2, 0.25) is 0 Å². The molecule has 0 fully saturated rings. The first-order chi connectivity index (χ1) is 7.68. The molecule has 0 saturated carbocycles. The molecule has 0 N–H and O–H groups in total. The second-order valence-electron chi connectivity index (χ2n) is 3.10. The Labute approximate surface area is 118 Å². The van der Waals surface area contributed by atoms with E-state index < -0.39 is 18.3 Å². The van der Waals surface area contributed by atoms with Crippen molar-refractivity contribution in [1.82, 2.24) is 9.72 Å². The van der Waals surface area contributed by atoms with E-state index in [-0.39, 0.29) is 35.4 Å². The van der Waals surface area contributed by atoms with Gasteiger partial charge in [-0.25, -0.2) is 4.79 Å². The van der Waals surface area contributed by atoms with Gasteiger partial charge in [-0.1, -0.05) is 35.5 Å². The molecule has 0 amide bonds. The fourth-order valence-corrected chi connectivity index (χ4v) is 1.33. The summed E-state index contributed by atoms with van der Waals surface area (Å²) in [5.41, 5.74) is 0.606. The van der Waals surface area contributed by atoms with Crippen molar-refractivity contribution in [3.05, 3.63) is 40.9 Å². The molecule has 0 aliphatic carbocycles. The number of aromatic nitrogens is 2. The van der Waals surface area contributed by atoms with Gasteiger partial charge in [-0.05, 0) is 0 Å². The Bertz CT molecular complexity index is 561. The van der Waals surface area contributed by atoms with Crippen molar-refractivity contribution < 1.29 is 44.0 Å². The van der Waals surface area contributed by atoms with E-state index in [1.54, 1.807) is 30.3 Å². The third kappa shape index (κ3) is 3.06. The summed E-state index contributed by atoms with van der Waals surface area (Å²) in [5.74, 6) is -2.01. The molecule has 82 valence electrons. The fraction of sp³-hybridized carbons (Fsp3) is 0.100. The van der Waals surface area contributed by atoms with E-state index >= 15 is 0 Å². The Morgan fingerprint density at radius 3 is 2.59 bits per heavy atom. The van der Waals surface area contributed by atoms with Gasteiger partial charge in [-0.15, -0.1) is 0 Å². The van der Waals surface area contributed by atoms with Gasteiger partial charge < -0.3 is 9.90 Å². The van der Waals surface area contributed by atoms with E-state index in [0.29, 0.717) is 5.56 Å². The van der Waals surface area contributed by atoms with Crippen LogP contribution in [0.15, 0.2) is 39.6 Å². The zero-order chi connectivity index (χ0) is 11.5. The number of hydrogen-bond acceptors (Lipinski definition) is 5. The largest absolute Gasteiger partial charge is 1.00 e. The Hall–Kier alpha value is -1.37. The van der Waals surface area contributed by atoms with Crippen LogP contribution < -0.4 is 40.4 Å². The topological polar surface area (TPSA) is 88.2 Å². The summed E-state index contributed by atoms with van der Waals surface area (Å²) in [6.07, 6.45) is 0. The maximum atomic E-state index is 11.2. The molecule has 6 nitrogen and oxygen atoms in total. The smallest absolute Gasteiger partial charge is 0.548 e. The Morgan fingerprint density at radius 1 is 1.35 bits per heavy atom. The molecule has 1 aromatic heterocycles. The van der Waals surface area contributed by atoms with Gasteiger partial charge in [0.15, 0.2) is 5.82 Å². The first-order valence-corrected chi connectivity index (χ1v) is 4.50. The van der Waals surface area contributed by atoms with E-state index in [2.05, 4.69) is 9.68 Å². The number of hydrogen-bond donors (Lipinski definition) is 0. The van der Waals surface area contributed by atoms with Crippen LogP contribution in [0.1, 0.15) is 0 Å². The summed E-state index contributed by atoms with van der Waals surface area (Å²) in [5, 5.41) is 14.0. The third-order valence-electron chi connectivity index (χ3n) is 2.01. The molecule has 0 aliphatic heterocycles. The van der Waals surface area contributed by atoms with Crippen LogP contribution in [0.5, 0.6) is 0 Å². The third-order valence-corrected chi connectivity index (χ3v) is 2.01. The van der Waals surface area contributed by atoms with Crippen molar-refractivity contribution in [2.24, 2.45) is 0 Å². The van der Waals surface area contributed by atoms with Gasteiger partial charge in [0.05, 0.1) is 12.5 Å². The monoisotopic (exact) mass is 242 g/mol. The van der Waals surface area contributed by atoms with Crippen LogP contribution in [-0.2, 0) is 11.3 Å². The molecule has 0 aliphatic rings. The van der Waals surface area contributed by atoms with E-state index in [1.165, 1.54) is 0 Å². The van der Waals surface area contributed by atoms with Crippen molar-refractivity contribution in [3.8, 4) is 11.4 Å². The Kier molecular flexibility index (Phi) is 4.68. The van der Waals surface area contributed by atoms with Crippen LogP contribution in [-0.4, -0.2) is 15.7 Å². The number of carboxylic acids is 1. The second kappa shape index (κ2) is 5.81. The molecule has 2 aromatic rings. The van der Waals surface area contributed by atoms with Gasteiger partial charge >= 0.3 is 35.3 Å². The summed E-state index contributed by atoms with van der Waals surface area (Å²) in [7, 11) is 0. The van der Waals surface area contributed by atoms with E-state index in [0.717, 1.165) is 4.57 Å².